The van der Waals surface area contributed by atoms with Gasteiger partial charge in [0.05, 0.1) is 5.69 Å². The second-order valence-corrected chi connectivity index (χ2v) is 5.41. The Morgan fingerprint density at radius 2 is 2.06 bits per heavy atom. The monoisotopic (exact) mass is 223 g/mol. The van der Waals surface area contributed by atoms with Crippen LogP contribution in [0.4, 0.5) is 0 Å². The van der Waals surface area contributed by atoms with Gasteiger partial charge in [-0.2, -0.15) is 0 Å². The SMILES string of the molecule is CC(C)(C)c1nc(C2CCC2)oc1C(=O)O. The minimum Gasteiger partial charge on any atom is -0.475 e. The maximum absolute atomic E-state index is 11.1. The molecule has 0 saturated heterocycles. The van der Waals surface area contributed by atoms with E-state index in [1.54, 1.807) is 0 Å². The van der Waals surface area contributed by atoms with Crippen molar-refractivity contribution in [3.63, 3.8) is 0 Å². The third kappa shape index (κ3) is 1.84. The molecule has 1 N–H and O–H groups in total. The molecule has 1 heterocycles. The Hall–Kier alpha value is -1.32. The van der Waals surface area contributed by atoms with Crippen LogP contribution in [0.1, 0.15) is 68.1 Å². The van der Waals surface area contributed by atoms with Crippen molar-refractivity contribution < 1.29 is 14.3 Å². The van der Waals surface area contributed by atoms with Crippen LogP contribution >= 0.6 is 0 Å². The molecule has 4 nitrogen and oxygen atoms in total. The molecule has 0 amide bonds. The topological polar surface area (TPSA) is 63.3 Å². The maximum atomic E-state index is 11.1. The molecular formula is C12H17NO3. The lowest BCUT2D eigenvalue weighted by atomic mass is 9.85. The average Bonchev–Trinajstić information content (AvgIpc) is 2.44. The van der Waals surface area contributed by atoms with E-state index in [4.69, 9.17) is 9.52 Å². The summed E-state index contributed by atoms with van der Waals surface area (Å²) in [5.74, 6) is -0.0832. The van der Waals surface area contributed by atoms with E-state index in [0.717, 1.165) is 12.8 Å². The lowest BCUT2D eigenvalue weighted by Crippen LogP contribution is -2.16. The number of rotatable bonds is 2. The molecule has 0 spiro atoms. The van der Waals surface area contributed by atoms with Crippen LogP contribution in [0, 0.1) is 0 Å². The Morgan fingerprint density at radius 1 is 1.44 bits per heavy atom. The van der Waals surface area contributed by atoms with Crippen LogP contribution in [0.25, 0.3) is 0 Å². The molecule has 16 heavy (non-hydrogen) atoms. The third-order valence-electron chi connectivity index (χ3n) is 3.00. The molecule has 1 aliphatic carbocycles. The van der Waals surface area contributed by atoms with Gasteiger partial charge < -0.3 is 9.52 Å². The van der Waals surface area contributed by atoms with Gasteiger partial charge >= 0.3 is 5.97 Å². The van der Waals surface area contributed by atoms with E-state index in [2.05, 4.69) is 4.98 Å². The molecule has 1 aromatic heterocycles. The van der Waals surface area contributed by atoms with Crippen LogP contribution in [0.3, 0.4) is 0 Å². The summed E-state index contributed by atoms with van der Waals surface area (Å²) in [6.45, 7) is 5.84. The Kier molecular flexibility index (Phi) is 2.52. The van der Waals surface area contributed by atoms with Crippen LogP contribution in [-0.2, 0) is 5.41 Å². The van der Waals surface area contributed by atoms with Gasteiger partial charge in [-0.1, -0.05) is 27.2 Å². The first-order chi connectivity index (χ1) is 7.39. The number of nitrogens with zero attached hydrogens (tertiary/aromatic N) is 1. The smallest absolute Gasteiger partial charge is 0.373 e. The van der Waals surface area contributed by atoms with Crippen molar-refractivity contribution in [2.75, 3.05) is 0 Å². The van der Waals surface area contributed by atoms with Gasteiger partial charge in [-0.3, -0.25) is 0 Å². The van der Waals surface area contributed by atoms with Crippen molar-refractivity contribution in [3.8, 4) is 0 Å². The second kappa shape index (κ2) is 3.61. The van der Waals surface area contributed by atoms with E-state index in [0.29, 0.717) is 17.5 Å². The molecule has 2 rings (SSSR count). The fourth-order valence-corrected chi connectivity index (χ4v) is 1.82. The Balaban J connectivity index is 2.41. The minimum absolute atomic E-state index is 0.00870. The van der Waals surface area contributed by atoms with Crippen LogP contribution in [-0.4, -0.2) is 16.1 Å². The van der Waals surface area contributed by atoms with Crippen molar-refractivity contribution in [1.29, 1.82) is 0 Å². The molecular weight excluding hydrogens is 206 g/mol. The normalized spacial score (nSPS) is 17.2. The first-order valence-corrected chi connectivity index (χ1v) is 5.64. The van der Waals surface area contributed by atoms with E-state index in [1.807, 2.05) is 20.8 Å². The number of aromatic carboxylic acids is 1. The Morgan fingerprint density at radius 3 is 2.38 bits per heavy atom. The van der Waals surface area contributed by atoms with Gasteiger partial charge in [0.2, 0.25) is 5.76 Å². The van der Waals surface area contributed by atoms with Crippen molar-refractivity contribution in [2.45, 2.75) is 51.4 Å². The van der Waals surface area contributed by atoms with Gasteiger partial charge in [-0.05, 0) is 12.8 Å². The molecule has 0 aliphatic heterocycles. The van der Waals surface area contributed by atoms with Crippen molar-refractivity contribution in [2.24, 2.45) is 0 Å². The lowest BCUT2D eigenvalue weighted by molar-refractivity contribution is 0.0655. The third-order valence-corrected chi connectivity index (χ3v) is 3.00. The average molecular weight is 223 g/mol. The molecule has 0 unspecified atom stereocenters. The van der Waals surface area contributed by atoms with Crippen molar-refractivity contribution in [1.82, 2.24) is 4.98 Å². The van der Waals surface area contributed by atoms with Crippen LogP contribution < -0.4 is 0 Å². The zero-order valence-corrected chi connectivity index (χ0v) is 9.91. The highest BCUT2D eigenvalue weighted by molar-refractivity contribution is 5.86. The Labute approximate surface area is 94.7 Å². The van der Waals surface area contributed by atoms with Gasteiger partial charge in [0.1, 0.15) is 0 Å². The lowest BCUT2D eigenvalue weighted by Gasteiger charge is -2.21. The number of oxazole rings is 1. The first-order valence-electron chi connectivity index (χ1n) is 5.64. The maximum Gasteiger partial charge on any atom is 0.373 e. The van der Waals surface area contributed by atoms with Crippen molar-refractivity contribution in [3.05, 3.63) is 17.3 Å². The summed E-state index contributed by atoms with van der Waals surface area (Å²) >= 11 is 0. The van der Waals surface area contributed by atoms with E-state index in [-0.39, 0.29) is 11.2 Å². The molecule has 1 aliphatic rings. The first kappa shape index (κ1) is 11.2. The predicted octanol–water partition coefficient (Wildman–Crippen LogP) is 2.94. The number of hydrogen-bond acceptors (Lipinski definition) is 3. The second-order valence-electron chi connectivity index (χ2n) is 5.41. The fraction of sp³-hybridized carbons (Fsp3) is 0.667. The van der Waals surface area contributed by atoms with Gasteiger partial charge in [0.15, 0.2) is 5.89 Å². The van der Waals surface area contributed by atoms with Gasteiger partial charge in [0.25, 0.3) is 0 Å². The van der Waals surface area contributed by atoms with E-state index in [9.17, 15) is 4.79 Å². The molecule has 1 saturated carbocycles. The van der Waals surface area contributed by atoms with Gasteiger partial charge in [-0.25, -0.2) is 9.78 Å². The van der Waals surface area contributed by atoms with E-state index >= 15 is 0 Å². The molecule has 0 atom stereocenters. The predicted molar refractivity (Wildman–Crippen MR) is 58.8 cm³/mol. The molecule has 0 aromatic carbocycles. The number of carboxylic acids is 1. The zero-order chi connectivity index (χ0) is 11.9. The fourth-order valence-electron chi connectivity index (χ4n) is 1.82. The van der Waals surface area contributed by atoms with Crippen LogP contribution in [0.15, 0.2) is 4.42 Å². The summed E-state index contributed by atoms with van der Waals surface area (Å²) in [6, 6.07) is 0. The summed E-state index contributed by atoms with van der Waals surface area (Å²) in [5.41, 5.74) is 0.265. The van der Waals surface area contributed by atoms with Gasteiger partial charge in [0, 0.05) is 11.3 Å². The number of carboxylic acid groups (broad SMARTS) is 1. The van der Waals surface area contributed by atoms with Crippen LogP contribution in [0.5, 0.6) is 0 Å². The minimum atomic E-state index is -1.03. The molecule has 88 valence electrons. The Bertz CT molecular complexity index is 410. The summed E-state index contributed by atoms with van der Waals surface area (Å²) in [5, 5.41) is 9.08. The largest absolute Gasteiger partial charge is 0.475 e. The number of carbonyl (C=O) groups is 1. The highest BCUT2D eigenvalue weighted by Gasteiger charge is 2.32. The van der Waals surface area contributed by atoms with E-state index < -0.39 is 5.97 Å². The molecule has 0 bridgehead atoms. The number of hydrogen-bond donors (Lipinski definition) is 1. The zero-order valence-electron chi connectivity index (χ0n) is 9.91. The summed E-state index contributed by atoms with van der Waals surface area (Å²) < 4.78 is 5.40. The summed E-state index contributed by atoms with van der Waals surface area (Å²) in [7, 11) is 0. The highest BCUT2D eigenvalue weighted by atomic mass is 16.4. The molecule has 0 radical (unpaired) electrons. The van der Waals surface area contributed by atoms with Crippen LogP contribution in [0.2, 0.25) is 0 Å². The number of aromatic nitrogens is 1. The highest BCUT2D eigenvalue weighted by Crippen LogP contribution is 2.38. The summed E-state index contributed by atoms with van der Waals surface area (Å²) in [4.78, 5) is 15.5. The molecule has 1 fully saturated rings. The van der Waals surface area contributed by atoms with E-state index in [1.165, 1.54) is 6.42 Å². The molecule has 4 heteroatoms. The standard InChI is InChI=1S/C12H17NO3/c1-12(2,3)9-8(11(14)15)16-10(13-9)7-5-4-6-7/h7H,4-6H2,1-3H3,(H,14,15). The van der Waals surface area contributed by atoms with Gasteiger partial charge in [-0.15, -0.1) is 0 Å². The quantitative estimate of drug-likeness (QED) is 0.837. The van der Waals surface area contributed by atoms with Crippen molar-refractivity contribution >= 4 is 5.97 Å². The molecule has 1 aromatic rings. The summed E-state index contributed by atoms with van der Waals surface area (Å²) in [6.07, 6.45) is 3.30.